The fourth-order valence-corrected chi connectivity index (χ4v) is 6.72. The van der Waals surface area contributed by atoms with Crippen molar-refractivity contribution in [3.63, 3.8) is 0 Å². The Morgan fingerprint density at radius 1 is 0.714 bits per heavy atom. The monoisotopic (exact) mass is 510 g/mol. The summed E-state index contributed by atoms with van der Waals surface area (Å²) in [6, 6.07) is 17.3. The molecular weight excluding hydrogens is 484 g/mol. The summed E-state index contributed by atoms with van der Waals surface area (Å²) in [7, 11) is -8.62. The summed E-state index contributed by atoms with van der Waals surface area (Å²) in [6.45, 7) is 7.47. The lowest BCUT2D eigenvalue weighted by molar-refractivity contribution is 0.476. The third-order valence-corrected chi connectivity index (χ3v) is 8.52. The van der Waals surface area contributed by atoms with Crippen LogP contribution >= 0.6 is 0 Å². The van der Waals surface area contributed by atoms with Crippen LogP contribution in [0.5, 0.6) is 5.75 Å². The van der Waals surface area contributed by atoms with Crippen molar-refractivity contribution in [1.82, 2.24) is 0 Å². The van der Waals surface area contributed by atoms with Crippen LogP contribution in [0.2, 0.25) is 0 Å². The SMILES string of the molecule is Cc1ccc(N(c2ccc(C)cc2C)S(=O)(=O)c2cc(S(N)(=O)=O)cc3ccc(O)cc23)c(C)c1. The van der Waals surface area contributed by atoms with E-state index in [0.29, 0.717) is 16.8 Å². The molecule has 7 nitrogen and oxygen atoms in total. The van der Waals surface area contributed by atoms with Gasteiger partial charge in [-0.25, -0.2) is 26.3 Å². The molecule has 4 aromatic rings. The van der Waals surface area contributed by atoms with E-state index in [-0.39, 0.29) is 20.9 Å². The number of hydrogen-bond acceptors (Lipinski definition) is 5. The van der Waals surface area contributed by atoms with Crippen LogP contribution in [0.1, 0.15) is 22.3 Å². The minimum Gasteiger partial charge on any atom is -0.508 e. The van der Waals surface area contributed by atoms with E-state index in [1.54, 1.807) is 12.1 Å². The molecule has 0 aliphatic carbocycles. The number of phenolic OH excluding ortho intramolecular Hbond substituents is 1. The number of benzene rings is 4. The Kier molecular flexibility index (Phi) is 6.12. The molecule has 9 heteroatoms. The smallest absolute Gasteiger partial charge is 0.269 e. The number of fused-ring (bicyclic) bond motifs is 1. The number of hydrogen-bond donors (Lipinski definition) is 2. The van der Waals surface area contributed by atoms with Crippen molar-refractivity contribution in [3.8, 4) is 5.75 Å². The number of aryl methyl sites for hydroxylation is 4. The number of aromatic hydroxyl groups is 1. The Bertz CT molecular complexity index is 1640. The van der Waals surface area contributed by atoms with Crippen LogP contribution < -0.4 is 9.44 Å². The molecule has 0 radical (unpaired) electrons. The van der Waals surface area contributed by atoms with E-state index >= 15 is 0 Å². The lowest BCUT2D eigenvalue weighted by atomic mass is 10.1. The van der Waals surface area contributed by atoms with Gasteiger partial charge in [-0.05, 0) is 80.6 Å². The number of nitrogens with zero attached hydrogens (tertiary/aromatic N) is 1. The summed E-state index contributed by atoms with van der Waals surface area (Å²) in [5.41, 5.74) is 4.24. The van der Waals surface area contributed by atoms with Gasteiger partial charge in [0.15, 0.2) is 0 Å². The average Bonchev–Trinajstić information content (AvgIpc) is 2.75. The molecule has 0 aliphatic heterocycles. The summed E-state index contributed by atoms with van der Waals surface area (Å²) in [5.74, 6) is -0.151. The molecule has 0 amide bonds. The van der Waals surface area contributed by atoms with E-state index in [1.807, 2.05) is 52.0 Å². The van der Waals surface area contributed by atoms with Crippen molar-refractivity contribution < 1.29 is 21.9 Å². The second-order valence-electron chi connectivity index (χ2n) is 8.72. The first-order chi connectivity index (χ1) is 16.3. The predicted octanol–water partition coefficient (Wildman–Crippen LogP) is 4.95. The molecule has 0 heterocycles. The molecule has 4 aromatic carbocycles. The number of nitrogens with two attached hydrogens (primary N) is 1. The van der Waals surface area contributed by atoms with Crippen LogP contribution in [0.3, 0.4) is 0 Å². The van der Waals surface area contributed by atoms with Gasteiger partial charge in [0.05, 0.1) is 21.2 Å². The number of rotatable bonds is 5. The molecule has 0 spiro atoms. The van der Waals surface area contributed by atoms with Gasteiger partial charge in [-0.15, -0.1) is 0 Å². The fraction of sp³-hybridized carbons (Fsp3) is 0.154. The number of anilines is 2. The van der Waals surface area contributed by atoms with Crippen molar-refractivity contribution in [3.05, 3.63) is 89.0 Å². The molecule has 0 aromatic heterocycles. The van der Waals surface area contributed by atoms with Crippen molar-refractivity contribution >= 4 is 42.2 Å². The summed E-state index contributed by atoms with van der Waals surface area (Å²) >= 11 is 0. The van der Waals surface area contributed by atoms with Crippen LogP contribution in [0, 0.1) is 27.7 Å². The second kappa shape index (κ2) is 8.67. The summed E-state index contributed by atoms with van der Waals surface area (Å²) in [5, 5.41) is 16.0. The molecule has 182 valence electrons. The highest BCUT2D eigenvalue weighted by molar-refractivity contribution is 7.93. The predicted molar refractivity (Wildman–Crippen MR) is 138 cm³/mol. The number of primary sulfonamides is 1. The van der Waals surface area contributed by atoms with Gasteiger partial charge in [-0.3, -0.25) is 0 Å². The van der Waals surface area contributed by atoms with Crippen molar-refractivity contribution in [1.29, 1.82) is 0 Å². The minimum atomic E-state index is -4.40. The largest absolute Gasteiger partial charge is 0.508 e. The highest BCUT2D eigenvalue weighted by Crippen LogP contribution is 2.40. The molecule has 35 heavy (non-hydrogen) atoms. The molecule has 0 fully saturated rings. The molecular formula is C26H26N2O5S2. The molecule has 3 N–H and O–H groups in total. The van der Waals surface area contributed by atoms with E-state index in [9.17, 15) is 21.9 Å². The van der Waals surface area contributed by atoms with Gasteiger partial charge in [-0.2, -0.15) is 0 Å². The van der Waals surface area contributed by atoms with Crippen molar-refractivity contribution in [2.45, 2.75) is 37.5 Å². The maximum atomic E-state index is 14.4. The van der Waals surface area contributed by atoms with Gasteiger partial charge < -0.3 is 5.11 Å². The van der Waals surface area contributed by atoms with Gasteiger partial charge in [0.25, 0.3) is 10.0 Å². The van der Waals surface area contributed by atoms with Gasteiger partial charge in [0, 0.05) is 5.39 Å². The normalized spacial score (nSPS) is 12.1. The maximum absolute atomic E-state index is 14.4. The van der Waals surface area contributed by atoms with Crippen LogP contribution in [-0.4, -0.2) is 21.9 Å². The van der Waals surface area contributed by atoms with Crippen molar-refractivity contribution in [2.24, 2.45) is 5.14 Å². The Hall–Kier alpha value is -3.40. The standard InChI is InChI=1S/C26H26N2O5S2/c1-16-5-9-24(18(3)11-16)28(25-10-6-17(2)12-19(25)4)35(32,33)26-15-22(34(27,30)31)13-20-7-8-21(29)14-23(20)26/h5-15,29H,1-4H3,(H2,27,30,31). The maximum Gasteiger partial charge on any atom is 0.269 e. The molecule has 0 atom stereocenters. The van der Waals surface area contributed by atoms with Gasteiger partial charge >= 0.3 is 0 Å². The molecule has 0 aliphatic rings. The fourth-order valence-electron chi connectivity index (χ4n) is 4.22. The molecule has 0 unspecified atom stereocenters. The topological polar surface area (TPSA) is 118 Å². The first-order valence-corrected chi connectivity index (χ1v) is 13.8. The number of sulfonamides is 2. The van der Waals surface area contributed by atoms with E-state index in [1.165, 1.54) is 28.6 Å². The summed E-state index contributed by atoms with van der Waals surface area (Å²) < 4.78 is 54.5. The Morgan fingerprint density at radius 2 is 1.26 bits per heavy atom. The lowest BCUT2D eigenvalue weighted by Crippen LogP contribution is -2.28. The zero-order valence-corrected chi connectivity index (χ0v) is 21.4. The summed E-state index contributed by atoms with van der Waals surface area (Å²) in [6.07, 6.45) is 0. The second-order valence-corrected chi connectivity index (χ2v) is 12.0. The van der Waals surface area contributed by atoms with Crippen LogP contribution in [0.25, 0.3) is 10.8 Å². The number of phenols is 1. The molecule has 4 rings (SSSR count). The van der Waals surface area contributed by atoms with Crippen LogP contribution in [-0.2, 0) is 20.0 Å². The average molecular weight is 511 g/mol. The molecule has 0 saturated carbocycles. The van der Waals surface area contributed by atoms with Gasteiger partial charge in [-0.1, -0.05) is 41.5 Å². The minimum absolute atomic E-state index is 0.151. The van der Waals surface area contributed by atoms with Crippen LogP contribution in [0.4, 0.5) is 11.4 Å². The zero-order chi connectivity index (χ0) is 25.7. The lowest BCUT2D eigenvalue weighted by Gasteiger charge is -2.28. The molecule has 0 saturated heterocycles. The van der Waals surface area contributed by atoms with Crippen molar-refractivity contribution in [2.75, 3.05) is 4.31 Å². The quantitative estimate of drug-likeness (QED) is 0.394. The van der Waals surface area contributed by atoms with E-state index < -0.39 is 20.0 Å². The summed E-state index contributed by atoms with van der Waals surface area (Å²) in [4.78, 5) is -0.620. The first kappa shape index (κ1) is 24.7. The third kappa shape index (κ3) is 4.62. The zero-order valence-electron chi connectivity index (χ0n) is 19.8. The Balaban J connectivity index is 2.13. The van der Waals surface area contributed by atoms with Gasteiger partial charge in [0.1, 0.15) is 5.75 Å². The van der Waals surface area contributed by atoms with E-state index in [0.717, 1.165) is 28.3 Å². The van der Waals surface area contributed by atoms with E-state index in [4.69, 9.17) is 5.14 Å². The third-order valence-electron chi connectivity index (χ3n) is 5.86. The first-order valence-electron chi connectivity index (χ1n) is 10.8. The van der Waals surface area contributed by atoms with Gasteiger partial charge in [0.2, 0.25) is 10.0 Å². The van der Waals surface area contributed by atoms with E-state index in [2.05, 4.69) is 0 Å². The van der Waals surface area contributed by atoms with Crippen LogP contribution in [0.15, 0.2) is 76.5 Å². The Labute approximate surface area is 205 Å². The highest BCUT2D eigenvalue weighted by atomic mass is 32.2. The Morgan fingerprint density at radius 3 is 1.74 bits per heavy atom. The molecule has 0 bridgehead atoms. The highest BCUT2D eigenvalue weighted by Gasteiger charge is 2.32.